The van der Waals surface area contributed by atoms with Crippen molar-refractivity contribution >= 4 is 22.2 Å². The van der Waals surface area contributed by atoms with Crippen LogP contribution in [-0.2, 0) is 60.7 Å². The fourth-order valence-electron chi connectivity index (χ4n) is 3.54. The zero-order chi connectivity index (χ0) is 22.8. The first-order valence-corrected chi connectivity index (χ1v) is 12.9. The van der Waals surface area contributed by atoms with Gasteiger partial charge in [0.15, 0.2) is 0 Å². The Bertz CT molecular complexity index is 780. The molecule has 168 valence electrons. The summed E-state index contributed by atoms with van der Waals surface area (Å²) in [5.74, 6) is 0. The molecule has 0 aliphatic carbocycles. The third-order valence-corrected chi connectivity index (χ3v) is 6.99. The fraction of sp³-hybridized carbons (Fsp3) is 0.500. The molecule has 2 aromatic carbocycles. The van der Waals surface area contributed by atoms with E-state index in [1.54, 1.807) is 0 Å². The Morgan fingerprint density at radius 1 is 0.562 bits per heavy atom. The summed E-state index contributed by atoms with van der Waals surface area (Å²) in [6, 6.07) is 8.02. The molecule has 32 heavy (non-hydrogen) atoms. The minimum Gasteiger partial charge on any atom is -0.768 e. The van der Waals surface area contributed by atoms with Crippen molar-refractivity contribution in [3.8, 4) is 0 Å². The molecule has 2 rings (SSSR count). The quantitative estimate of drug-likeness (QED) is 0.367. The van der Waals surface area contributed by atoms with Crippen molar-refractivity contribution in [2.24, 2.45) is 0 Å². The first-order valence-electron chi connectivity index (χ1n) is 10.7. The predicted octanol–water partition coefficient (Wildman–Crippen LogP) is -0.768. The van der Waals surface area contributed by atoms with Gasteiger partial charge in [-0.2, -0.15) is 0 Å². The molecule has 0 aliphatic heterocycles. The molecule has 0 amide bonds. The van der Waals surface area contributed by atoms with Gasteiger partial charge in [0.1, 0.15) is 0 Å². The molecule has 2 aromatic rings. The molecule has 4 nitrogen and oxygen atoms in total. The molecule has 0 fully saturated rings. The Hall–Kier alpha value is 0.257. The van der Waals surface area contributed by atoms with E-state index in [4.69, 9.17) is 0 Å². The summed E-state index contributed by atoms with van der Waals surface area (Å²) in [5.41, 5.74) is 6.22. The first-order chi connectivity index (χ1) is 14.3. The second-order valence-electron chi connectivity index (χ2n) is 7.08. The second kappa shape index (κ2) is 17.7. The maximum atomic E-state index is 11.2. The van der Waals surface area contributed by atoms with Gasteiger partial charge in [0.2, 0.25) is 0 Å². The standard InChI is InChI=1S/2C12H18O2S.Li.Na/c2*1-4-9-7-10(5-2)12(15(13)14)11(6-3)8-9;;/h2*7-8H,4-6H2,1-3H3,(H,13,14);;/q;;2*+1/p-2. The van der Waals surface area contributed by atoms with Crippen LogP contribution < -0.4 is 48.4 Å². The van der Waals surface area contributed by atoms with E-state index >= 15 is 0 Å². The number of benzene rings is 2. The molecule has 2 unspecified atom stereocenters. The number of aryl methyl sites for hydroxylation is 6. The summed E-state index contributed by atoms with van der Waals surface area (Å²) in [6.07, 6.45) is 4.97. The molecule has 0 aliphatic rings. The summed E-state index contributed by atoms with van der Waals surface area (Å²) in [5, 5.41) is 0. The Balaban J connectivity index is 0. The van der Waals surface area contributed by atoms with Crippen LogP contribution in [0.2, 0.25) is 0 Å². The van der Waals surface area contributed by atoms with Crippen molar-refractivity contribution in [2.75, 3.05) is 0 Å². The molecule has 0 heterocycles. The molecule has 0 bridgehead atoms. The van der Waals surface area contributed by atoms with Gasteiger partial charge in [0.05, 0.1) is 0 Å². The average molecular weight is 481 g/mol. The molecule has 0 saturated carbocycles. The van der Waals surface area contributed by atoms with E-state index in [9.17, 15) is 17.5 Å². The maximum absolute atomic E-state index is 11.2. The van der Waals surface area contributed by atoms with E-state index in [-0.39, 0.29) is 48.4 Å². The summed E-state index contributed by atoms with van der Waals surface area (Å²) >= 11 is -4.22. The van der Waals surface area contributed by atoms with Crippen molar-refractivity contribution < 1.29 is 65.9 Å². The molecular weight excluding hydrogens is 446 g/mol. The van der Waals surface area contributed by atoms with E-state index in [1.807, 2.05) is 52.0 Å². The van der Waals surface area contributed by atoms with Gasteiger partial charge in [0.25, 0.3) is 0 Å². The molecule has 2 atom stereocenters. The Morgan fingerprint density at radius 2 is 0.781 bits per heavy atom. The van der Waals surface area contributed by atoms with Gasteiger partial charge in [-0.1, -0.05) is 65.8 Å². The van der Waals surface area contributed by atoms with Gasteiger partial charge in [-0.3, -0.25) is 8.42 Å². The van der Waals surface area contributed by atoms with Crippen LogP contribution in [-0.4, -0.2) is 17.5 Å². The molecule has 8 heteroatoms. The normalized spacial score (nSPS) is 12.0. The third kappa shape index (κ3) is 9.48. The van der Waals surface area contributed by atoms with Gasteiger partial charge < -0.3 is 9.11 Å². The van der Waals surface area contributed by atoms with Crippen LogP contribution in [0.15, 0.2) is 34.1 Å². The van der Waals surface area contributed by atoms with E-state index in [0.29, 0.717) is 9.79 Å². The fourth-order valence-corrected chi connectivity index (χ4v) is 5.21. The van der Waals surface area contributed by atoms with Crippen LogP contribution in [0.3, 0.4) is 0 Å². The third-order valence-electron chi connectivity index (χ3n) is 5.28. The molecular formula is C24H34LiNaO4S2. The Kier molecular flexibility index (Phi) is 19.0. The summed E-state index contributed by atoms with van der Waals surface area (Å²) in [7, 11) is 0. The van der Waals surface area contributed by atoms with Crippen LogP contribution in [0.1, 0.15) is 74.9 Å². The monoisotopic (exact) mass is 480 g/mol. The van der Waals surface area contributed by atoms with Crippen molar-refractivity contribution in [1.29, 1.82) is 0 Å². The van der Waals surface area contributed by atoms with Crippen molar-refractivity contribution in [3.05, 3.63) is 57.6 Å². The van der Waals surface area contributed by atoms with Gasteiger partial charge in [-0.25, -0.2) is 0 Å². The number of hydrogen-bond acceptors (Lipinski definition) is 4. The zero-order valence-corrected chi connectivity index (χ0v) is 24.6. The van der Waals surface area contributed by atoms with Crippen LogP contribution in [0.5, 0.6) is 0 Å². The minimum absolute atomic E-state index is 0. The molecule has 0 aromatic heterocycles. The molecule has 0 saturated heterocycles. The van der Waals surface area contributed by atoms with E-state index < -0.39 is 22.2 Å². The molecule has 0 N–H and O–H groups in total. The summed E-state index contributed by atoms with van der Waals surface area (Å²) in [4.78, 5) is 1.02. The van der Waals surface area contributed by atoms with E-state index in [2.05, 4.69) is 13.8 Å². The minimum atomic E-state index is -2.11. The molecule has 0 spiro atoms. The zero-order valence-electron chi connectivity index (χ0n) is 21.0. The predicted molar refractivity (Wildman–Crippen MR) is 124 cm³/mol. The average Bonchev–Trinajstić information content (AvgIpc) is 2.76. The van der Waals surface area contributed by atoms with Crippen LogP contribution in [0, 0.1) is 0 Å². The van der Waals surface area contributed by atoms with Gasteiger partial charge in [0, 0.05) is 9.79 Å². The van der Waals surface area contributed by atoms with Crippen LogP contribution >= 0.6 is 0 Å². The SMILES string of the molecule is CCc1cc(CC)c(S(=O)[O-])c(CC)c1.CCc1cc(CC)c(S(=O)[O-])c(CC)c1.[Li+].[Na+]. The largest absolute Gasteiger partial charge is 1.00 e. The Labute approximate surface area is 233 Å². The first kappa shape index (κ1) is 34.4. The maximum Gasteiger partial charge on any atom is 1.00 e. The molecule has 0 radical (unpaired) electrons. The van der Waals surface area contributed by atoms with Gasteiger partial charge >= 0.3 is 48.4 Å². The van der Waals surface area contributed by atoms with Crippen LogP contribution in [0.25, 0.3) is 0 Å². The van der Waals surface area contributed by atoms with Gasteiger partial charge in [-0.15, -0.1) is 0 Å². The van der Waals surface area contributed by atoms with Gasteiger partial charge in [-0.05, 0) is 94.1 Å². The van der Waals surface area contributed by atoms with Crippen molar-refractivity contribution in [3.63, 3.8) is 0 Å². The topological polar surface area (TPSA) is 80.3 Å². The number of hydrogen-bond donors (Lipinski definition) is 0. The van der Waals surface area contributed by atoms with Crippen LogP contribution in [0.4, 0.5) is 0 Å². The Morgan fingerprint density at radius 3 is 0.906 bits per heavy atom. The summed E-state index contributed by atoms with van der Waals surface area (Å²) in [6.45, 7) is 12.1. The van der Waals surface area contributed by atoms with Crippen molar-refractivity contribution in [1.82, 2.24) is 0 Å². The van der Waals surface area contributed by atoms with E-state index in [0.717, 1.165) is 60.8 Å². The number of rotatable bonds is 8. The van der Waals surface area contributed by atoms with E-state index in [1.165, 1.54) is 11.1 Å². The van der Waals surface area contributed by atoms with Crippen molar-refractivity contribution in [2.45, 2.75) is 89.9 Å². The summed E-state index contributed by atoms with van der Waals surface area (Å²) < 4.78 is 44.6. The second-order valence-corrected chi connectivity index (χ2v) is 8.83. The smallest absolute Gasteiger partial charge is 0.768 e.